The molecular weight excluding hydrogens is 500 g/mol. The molecule has 3 N–H and O–H groups in total. The highest BCUT2D eigenvalue weighted by atomic mass is 79.9. The molecule has 0 fully saturated rings. The van der Waals surface area contributed by atoms with Crippen molar-refractivity contribution >= 4 is 49.8 Å². The van der Waals surface area contributed by atoms with Gasteiger partial charge in [-0.1, -0.05) is 15.9 Å². The van der Waals surface area contributed by atoms with Crippen molar-refractivity contribution < 1.29 is 29.0 Å². The fraction of sp³-hybridized carbons (Fsp3) is 0.500. The molecule has 1 aromatic carbocycles. The molecule has 0 aromatic heterocycles. The Hall–Kier alpha value is -1.81. The molecule has 0 saturated carbocycles. The summed E-state index contributed by atoms with van der Waals surface area (Å²) in [5.74, 6) is -1.21. The number of carbonyl (C=O) groups excluding carboxylic acids is 3. The highest BCUT2D eigenvalue weighted by molar-refractivity contribution is 9.11. The zero-order valence-corrected chi connectivity index (χ0v) is 19.3. The molecule has 0 unspecified atom stereocenters. The summed E-state index contributed by atoms with van der Waals surface area (Å²) in [5.41, 5.74) is -0.374. The number of hydrogen-bond donors (Lipinski definition) is 3. The minimum atomic E-state index is -0.860. The third kappa shape index (κ3) is 8.47. The predicted octanol–water partition coefficient (Wildman–Crippen LogP) is 3.55. The number of nitrogens with one attached hydrogen (secondary N) is 2. The number of hydrogen-bond acceptors (Lipinski definition) is 6. The highest BCUT2D eigenvalue weighted by Gasteiger charge is 2.24. The third-order valence-electron chi connectivity index (χ3n) is 3.24. The van der Waals surface area contributed by atoms with Gasteiger partial charge in [0.2, 0.25) is 5.91 Å². The molecule has 28 heavy (non-hydrogen) atoms. The molecule has 2 amide bonds. The molecule has 0 radical (unpaired) electrons. The summed E-state index contributed by atoms with van der Waals surface area (Å²) in [6.45, 7) is 6.61. The van der Waals surface area contributed by atoms with Gasteiger partial charge in [-0.25, -0.2) is 4.79 Å². The van der Waals surface area contributed by atoms with Gasteiger partial charge >= 0.3 is 12.1 Å². The van der Waals surface area contributed by atoms with Crippen LogP contribution in [-0.4, -0.2) is 41.8 Å². The van der Waals surface area contributed by atoms with E-state index in [9.17, 15) is 19.5 Å². The molecule has 1 atom stereocenters. The lowest BCUT2D eigenvalue weighted by molar-refractivity contribution is -0.143. The highest BCUT2D eigenvalue weighted by Crippen LogP contribution is 2.36. The van der Waals surface area contributed by atoms with Crippen LogP contribution in [0.5, 0.6) is 5.75 Å². The molecule has 10 heteroatoms. The molecule has 156 valence electrons. The van der Waals surface area contributed by atoms with Crippen molar-refractivity contribution in [3.63, 3.8) is 0 Å². The number of aromatic hydroxyl groups is 1. The molecule has 0 aliphatic rings. The SMILES string of the molecule is CCOC(=O)C[C@@H](NC(=O)CNC(=O)OC(C)(C)C)c1cc(Br)cc(Br)c1O. The fourth-order valence-corrected chi connectivity index (χ4v) is 3.45. The lowest BCUT2D eigenvalue weighted by Crippen LogP contribution is -2.41. The summed E-state index contributed by atoms with van der Waals surface area (Å²) in [6.07, 6.45) is -0.930. The summed E-state index contributed by atoms with van der Waals surface area (Å²) < 4.78 is 11.0. The van der Waals surface area contributed by atoms with Gasteiger partial charge in [-0.2, -0.15) is 0 Å². The van der Waals surface area contributed by atoms with E-state index in [-0.39, 0.29) is 25.3 Å². The average molecular weight is 524 g/mol. The second kappa shape index (κ2) is 10.7. The summed E-state index contributed by atoms with van der Waals surface area (Å²) in [7, 11) is 0. The minimum absolute atomic E-state index is 0.113. The van der Waals surface area contributed by atoms with Gasteiger partial charge in [-0.3, -0.25) is 9.59 Å². The average Bonchev–Trinajstić information content (AvgIpc) is 2.54. The standard InChI is InChI=1S/C18H24Br2N2O6/c1-5-27-15(24)8-13(11-6-10(19)7-12(20)16(11)25)22-14(23)9-21-17(26)28-18(2,3)4/h6-7,13,25H,5,8-9H2,1-4H3,(H,21,26)(H,22,23)/t13-/m1/s1. The quantitative estimate of drug-likeness (QED) is 0.471. The Kier molecular flexibility index (Phi) is 9.22. The Bertz CT molecular complexity index is 734. The molecule has 0 aliphatic heterocycles. The maximum atomic E-state index is 12.3. The van der Waals surface area contributed by atoms with E-state index in [2.05, 4.69) is 42.5 Å². The van der Waals surface area contributed by atoms with E-state index in [1.54, 1.807) is 39.8 Å². The number of rotatable bonds is 7. The monoisotopic (exact) mass is 522 g/mol. The van der Waals surface area contributed by atoms with Gasteiger partial charge in [-0.15, -0.1) is 0 Å². The summed E-state index contributed by atoms with van der Waals surface area (Å²) in [4.78, 5) is 35.9. The number of halogens is 2. The van der Waals surface area contributed by atoms with Crippen molar-refractivity contribution in [3.05, 3.63) is 26.6 Å². The van der Waals surface area contributed by atoms with E-state index in [1.165, 1.54) is 0 Å². The first-order valence-corrected chi connectivity index (χ1v) is 10.1. The lowest BCUT2D eigenvalue weighted by Gasteiger charge is -2.22. The zero-order chi connectivity index (χ0) is 21.5. The van der Waals surface area contributed by atoms with E-state index in [0.29, 0.717) is 14.5 Å². The largest absolute Gasteiger partial charge is 0.506 e. The Morgan fingerprint density at radius 2 is 1.86 bits per heavy atom. The predicted molar refractivity (Wildman–Crippen MR) is 110 cm³/mol. The van der Waals surface area contributed by atoms with Gasteiger partial charge in [-0.05, 0) is 55.8 Å². The maximum absolute atomic E-state index is 12.3. The van der Waals surface area contributed by atoms with Crippen molar-refractivity contribution in [1.29, 1.82) is 0 Å². The van der Waals surface area contributed by atoms with Crippen molar-refractivity contribution in [2.75, 3.05) is 13.2 Å². The van der Waals surface area contributed by atoms with Gasteiger partial charge in [0.15, 0.2) is 0 Å². The molecule has 1 aromatic rings. The number of ether oxygens (including phenoxy) is 2. The number of phenols is 1. The van der Waals surface area contributed by atoms with Crippen LogP contribution in [0.25, 0.3) is 0 Å². The van der Waals surface area contributed by atoms with E-state index in [4.69, 9.17) is 9.47 Å². The molecule has 0 aliphatic carbocycles. The third-order valence-corrected chi connectivity index (χ3v) is 4.30. The Morgan fingerprint density at radius 3 is 2.43 bits per heavy atom. The maximum Gasteiger partial charge on any atom is 0.408 e. The second-order valence-corrected chi connectivity index (χ2v) is 8.58. The van der Waals surface area contributed by atoms with E-state index < -0.39 is 29.6 Å². The van der Waals surface area contributed by atoms with Crippen LogP contribution in [0.1, 0.15) is 45.7 Å². The van der Waals surface area contributed by atoms with E-state index >= 15 is 0 Å². The number of phenolic OH excluding ortho intramolecular Hbond substituents is 1. The summed E-state index contributed by atoms with van der Waals surface area (Å²) >= 11 is 6.54. The fourth-order valence-electron chi connectivity index (χ4n) is 2.19. The van der Waals surface area contributed by atoms with Crippen LogP contribution in [0.3, 0.4) is 0 Å². The van der Waals surface area contributed by atoms with Crippen LogP contribution in [0, 0.1) is 0 Å². The number of esters is 1. The lowest BCUT2D eigenvalue weighted by atomic mass is 10.0. The van der Waals surface area contributed by atoms with E-state index in [0.717, 1.165) is 0 Å². The number of alkyl carbamates (subject to hydrolysis) is 1. The van der Waals surface area contributed by atoms with Crippen LogP contribution in [0.4, 0.5) is 4.79 Å². The van der Waals surface area contributed by atoms with Gasteiger partial charge in [0, 0.05) is 10.0 Å². The van der Waals surface area contributed by atoms with Crippen molar-refractivity contribution in [1.82, 2.24) is 10.6 Å². The van der Waals surface area contributed by atoms with Crippen LogP contribution in [0.2, 0.25) is 0 Å². The number of benzene rings is 1. The van der Waals surface area contributed by atoms with Crippen LogP contribution < -0.4 is 10.6 Å². The molecule has 0 bridgehead atoms. The van der Waals surface area contributed by atoms with Crippen LogP contribution in [-0.2, 0) is 19.1 Å². The summed E-state index contributed by atoms with van der Waals surface area (Å²) in [5, 5.41) is 15.3. The topological polar surface area (TPSA) is 114 Å². The number of carbonyl (C=O) groups is 3. The molecule has 0 spiro atoms. The first-order valence-electron chi connectivity index (χ1n) is 8.52. The summed E-state index contributed by atoms with van der Waals surface area (Å²) in [6, 6.07) is 2.36. The van der Waals surface area contributed by atoms with E-state index in [1.807, 2.05) is 0 Å². The Balaban J connectivity index is 2.91. The van der Waals surface area contributed by atoms with Crippen molar-refractivity contribution in [3.8, 4) is 5.75 Å². The molecular formula is C18H24Br2N2O6. The van der Waals surface area contributed by atoms with Crippen molar-refractivity contribution in [2.45, 2.75) is 45.8 Å². The first-order chi connectivity index (χ1) is 12.9. The molecule has 0 heterocycles. The van der Waals surface area contributed by atoms with Crippen LogP contribution in [0.15, 0.2) is 21.1 Å². The number of amides is 2. The van der Waals surface area contributed by atoms with Crippen molar-refractivity contribution in [2.24, 2.45) is 0 Å². The van der Waals surface area contributed by atoms with Crippen LogP contribution >= 0.6 is 31.9 Å². The molecule has 8 nitrogen and oxygen atoms in total. The van der Waals surface area contributed by atoms with Gasteiger partial charge in [0.05, 0.1) is 23.5 Å². The van der Waals surface area contributed by atoms with Gasteiger partial charge in [0.1, 0.15) is 17.9 Å². The smallest absolute Gasteiger partial charge is 0.408 e. The van der Waals surface area contributed by atoms with Gasteiger partial charge in [0.25, 0.3) is 0 Å². The Labute approximate surface area is 180 Å². The molecule has 0 saturated heterocycles. The first kappa shape index (κ1) is 24.2. The second-order valence-electron chi connectivity index (χ2n) is 6.81. The zero-order valence-electron chi connectivity index (χ0n) is 16.1. The molecule has 1 rings (SSSR count). The normalized spacial score (nSPS) is 12.1. The Morgan fingerprint density at radius 1 is 1.21 bits per heavy atom. The minimum Gasteiger partial charge on any atom is -0.506 e. The van der Waals surface area contributed by atoms with Gasteiger partial charge < -0.3 is 25.2 Å².